The van der Waals surface area contributed by atoms with Crippen LogP contribution in [0.4, 0.5) is 0 Å². The standard InChI is InChI=1S/C17H14O4/c1-2-11-3-6-13(7-4-11)15(18)9-12-5-8-14(17(20)21)16(19)10-12/h2-8,10,19H,1,9H2,(H,20,21). The summed E-state index contributed by atoms with van der Waals surface area (Å²) in [6.07, 6.45) is 1.79. The summed E-state index contributed by atoms with van der Waals surface area (Å²) in [5.41, 5.74) is 1.87. The molecule has 0 amide bonds. The Bertz CT molecular complexity index is 699. The molecule has 0 saturated heterocycles. The Kier molecular flexibility index (Phi) is 4.18. The number of aromatic carboxylic acids is 1. The number of carbonyl (C=O) groups is 2. The first kappa shape index (κ1) is 14.5. The summed E-state index contributed by atoms with van der Waals surface area (Å²) in [5, 5.41) is 18.4. The number of carbonyl (C=O) groups excluding carboxylic acids is 1. The third-order valence-corrected chi connectivity index (χ3v) is 3.13. The molecular weight excluding hydrogens is 268 g/mol. The van der Waals surface area contributed by atoms with Crippen LogP contribution in [-0.4, -0.2) is 22.0 Å². The topological polar surface area (TPSA) is 74.6 Å². The van der Waals surface area contributed by atoms with Gasteiger partial charge in [-0.25, -0.2) is 4.79 Å². The molecule has 0 spiro atoms. The zero-order valence-corrected chi connectivity index (χ0v) is 11.2. The van der Waals surface area contributed by atoms with Crippen molar-refractivity contribution in [1.29, 1.82) is 0 Å². The maximum absolute atomic E-state index is 12.1. The maximum atomic E-state index is 12.1. The van der Waals surface area contributed by atoms with Gasteiger partial charge in [-0.2, -0.15) is 0 Å². The van der Waals surface area contributed by atoms with Crippen LogP contribution in [0.1, 0.15) is 31.8 Å². The zero-order valence-electron chi connectivity index (χ0n) is 11.2. The number of aromatic hydroxyl groups is 1. The van der Waals surface area contributed by atoms with Crippen molar-refractivity contribution in [2.45, 2.75) is 6.42 Å². The number of benzene rings is 2. The lowest BCUT2D eigenvalue weighted by Crippen LogP contribution is -2.04. The molecule has 2 aromatic carbocycles. The van der Waals surface area contributed by atoms with Crippen LogP contribution < -0.4 is 0 Å². The minimum atomic E-state index is -1.20. The molecule has 0 unspecified atom stereocenters. The van der Waals surface area contributed by atoms with Gasteiger partial charge < -0.3 is 10.2 Å². The Morgan fingerprint density at radius 2 is 1.76 bits per heavy atom. The largest absolute Gasteiger partial charge is 0.507 e. The fourth-order valence-corrected chi connectivity index (χ4v) is 1.96. The smallest absolute Gasteiger partial charge is 0.339 e. The lowest BCUT2D eigenvalue weighted by molar-refractivity contribution is 0.0693. The van der Waals surface area contributed by atoms with Crippen LogP contribution in [-0.2, 0) is 6.42 Å². The van der Waals surface area contributed by atoms with Gasteiger partial charge in [0.25, 0.3) is 0 Å². The van der Waals surface area contributed by atoms with Crippen molar-refractivity contribution in [2.24, 2.45) is 0 Å². The van der Waals surface area contributed by atoms with Crippen LogP contribution in [0.5, 0.6) is 5.75 Å². The highest BCUT2D eigenvalue weighted by Gasteiger charge is 2.12. The highest BCUT2D eigenvalue weighted by molar-refractivity contribution is 5.98. The third-order valence-electron chi connectivity index (χ3n) is 3.13. The van der Waals surface area contributed by atoms with Gasteiger partial charge >= 0.3 is 5.97 Å². The monoisotopic (exact) mass is 282 g/mol. The van der Waals surface area contributed by atoms with Crippen molar-refractivity contribution < 1.29 is 19.8 Å². The average Bonchev–Trinajstić information content (AvgIpc) is 2.47. The van der Waals surface area contributed by atoms with Gasteiger partial charge in [0.15, 0.2) is 5.78 Å². The van der Waals surface area contributed by atoms with E-state index < -0.39 is 5.97 Å². The van der Waals surface area contributed by atoms with E-state index in [-0.39, 0.29) is 23.5 Å². The predicted molar refractivity (Wildman–Crippen MR) is 79.6 cm³/mol. The van der Waals surface area contributed by atoms with E-state index in [2.05, 4.69) is 6.58 Å². The number of hydrogen-bond donors (Lipinski definition) is 2. The number of Topliss-reactive ketones (excluding diaryl/α,β-unsaturated/α-hetero) is 1. The highest BCUT2D eigenvalue weighted by atomic mass is 16.4. The van der Waals surface area contributed by atoms with Gasteiger partial charge in [-0.1, -0.05) is 43.0 Å². The summed E-state index contributed by atoms with van der Waals surface area (Å²) in [6, 6.07) is 11.1. The molecule has 21 heavy (non-hydrogen) atoms. The second kappa shape index (κ2) is 6.05. The normalized spacial score (nSPS) is 10.1. The van der Waals surface area contributed by atoms with E-state index in [1.165, 1.54) is 18.2 Å². The van der Waals surface area contributed by atoms with Gasteiger partial charge in [0, 0.05) is 12.0 Å². The van der Waals surface area contributed by atoms with E-state index in [1.807, 2.05) is 0 Å². The van der Waals surface area contributed by atoms with Crippen molar-refractivity contribution in [3.63, 3.8) is 0 Å². The molecule has 0 radical (unpaired) electrons. The number of hydrogen-bond acceptors (Lipinski definition) is 3. The lowest BCUT2D eigenvalue weighted by Gasteiger charge is -2.05. The Balaban J connectivity index is 2.17. The minimum absolute atomic E-state index is 0.0981. The van der Waals surface area contributed by atoms with Gasteiger partial charge in [-0.05, 0) is 23.3 Å². The minimum Gasteiger partial charge on any atom is -0.507 e. The van der Waals surface area contributed by atoms with Crippen LogP contribution in [0.25, 0.3) is 6.08 Å². The van der Waals surface area contributed by atoms with Crippen molar-refractivity contribution in [3.05, 3.63) is 71.3 Å². The van der Waals surface area contributed by atoms with Crippen LogP contribution in [0.15, 0.2) is 49.0 Å². The van der Waals surface area contributed by atoms with Crippen molar-refractivity contribution in [2.75, 3.05) is 0 Å². The maximum Gasteiger partial charge on any atom is 0.339 e. The Morgan fingerprint density at radius 3 is 2.29 bits per heavy atom. The molecule has 0 aromatic heterocycles. The van der Waals surface area contributed by atoms with Gasteiger partial charge in [-0.15, -0.1) is 0 Å². The number of rotatable bonds is 5. The number of carboxylic acid groups (broad SMARTS) is 1. The highest BCUT2D eigenvalue weighted by Crippen LogP contribution is 2.20. The molecule has 0 saturated carbocycles. The molecular formula is C17H14O4. The number of phenols is 1. The number of ketones is 1. The quantitative estimate of drug-likeness (QED) is 0.826. The van der Waals surface area contributed by atoms with E-state index in [9.17, 15) is 14.7 Å². The first-order valence-electron chi connectivity index (χ1n) is 6.32. The van der Waals surface area contributed by atoms with Gasteiger partial charge in [0.05, 0.1) is 0 Å². The second-order valence-corrected chi connectivity index (χ2v) is 4.58. The van der Waals surface area contributed by atoms with Gasteiger partial charge in [0.1, 0.15) is 11.3 Å². The van der Waals surface area contributed by atoms with Crippen LogP contribution in [0.3, 0.4) is 0 Å². The van der Waals surface area contributed by atoms with Crippen LogP contribution in [0, 0.1) is 0 Å². The third kappa shape index (κ3) is 3.36. The lowest BCUT2D eigenvalue weighted by atomic mass is 10.0. The molecule has 4 heteroatoms. The van der Waals surface area contributed by atoms with Gasteiger partial charge in [-0.3, -0.25) is 4.79 Å². The van der Waals surface area contributed by atoms with E-state index in [0.717, 1.165) is 5.56 Å². The number of carboxylic acids is 1. The zero-order chi connectivity index (χ0) is 15.4. The molecule has 2 N–H and O–H groups in total. The van der Waals surface area contributed by atoms with E-state index in [0.29, 0.717) is 11.1 Å². The molecule has 0 bridgehead atoms. The Labute approximate surface area is 122 Å². The summed E-state index contributed by atoms with van der Waals surface area (Å²) in [6.45, 7) is 3.64. The van der Waals surface area contributed by atoms with E-state index in [1.54, 1.807) is 30.3 Å². The second-order valence-electron chi connectivity index (χ2n) is 4.58. The van der Waals surface area contributed by atoms with Crippen molar-refractivity contribution in [1.82, 2.24) is 0 Å². The van der Waals surface area contributed by atoms with Crippen LogP contribution >= 0.6 is 0 Å². The Morgan fingerprint density at radius 1 is 1.10 bits per heavy atom. The molecule has 2 rings (SSSR count). The molecule has 0 aliphatic carbocycles. The van der Waals surface area contributed by atoms with Crippen molar-refractivity contribution >= 4 is 17.8 Å². The molecule has 0 atom stereocenters. The molecule has 106 valence electrons. The predicted octanol–water partition coefficient (Wildman–Crippen LogP) is 3.16. The SMILES string of the molecule is C=Cc1ccc(C(=O)Cc2ccc(C(=O)O)c(O)c2)cc1. The summed E-state index contributed by atoms with van der Waals surface area (Å²) in [4.78, 5) is 22.9. The average molecular weight is 282 g/mol. The Hall–Kier alpha value is -2.88. The van der Waals surface area contributed by atoms with Gasteiger partial charge in [0.2, 0.25) is 0 Å². The molecule has 0 aliphatic heterocycles. The fraction of sp³-hybridized carbons (Fsp3) is 0.0588. The molecule has 0 aliphatic rings. The first-order chi connectivity index (χ1) is 10.0. The first-order valence-corrected chi connectivity index (χ1v) is 6.32. The van der Waals surface area contributed by atoms with Crippen LogP contribution in [0.2, 0.25) is 0 Å². The summed E-state index contributed by atoms with van der Waals surface area (Å²) in [7, 11) is 0. The van der Waals surface area contributed by atoms with E-state index in [4.69, 9.17) is 5.11 Å². The summed E-state index contributed by atoms with van der Waals surface area (Å²) in [5.74, 6) is -1.65. The summed E-state index contributed by atoms with van der Waals surface area (Å²) >= 11 is 0. The molecule has 0 heterocycles. The van der Waals surface area contributed by atoms with E-state index >= 15 is 0 Å². The molecule has 2 aromatic rings. The molecule has 0 fully saturated rings. The summed E-state index contributed by atoms with van der Waals surface area (Å²) < 4.78 is 0. The molecule has 4 nitrogen and oxygen atoms in total. The fourth-order valence-electron chi connectivity index (χ4n) is 1.96. The van der Waals surface area contributed by atoms with Crippen molar-refractivity contribution in [3.8, 4) is 5.75 Å².